The predicted molar refractivity (Wildman–Crippen MR) is 51.3 cm³/mol. The van der Waals surface area contributed by atoms with Crippen LogP contribution in [0.1, 0.15) is 13.8 Å². The van der Waals surface area contributed by atoms with Crippen LogP contribution in [0.5, 0.6) is 0 Å². The lowest BCUT2D eigenvalue weighted by molar-refractivity contribution is -0.765. The van der Waals surface area contributed by atoms with Gasteiger partial charge in [-0.3, -0.25) is 4.98 Å². The summed E-state index contributed by atoms with van der Waals surface area (Å²) in [6, 6.07) is 0. The summed E-state index contributed by atoms with van der Waals surface area (Å²) in [6.07, 6.45) is 12.1. The molecule has 1 N–H and O–H groups in total. The summed E-state index contributed by atoms with van der Waals surface area (Å²) in [5.74, 6) is 0. The Labute approximate surface area is 116 Å². The normalized spacial score (nSPS) is 10.4. The van der Waals surface area contributed by atoms with E-state index in [9.17, 15) is 0 Å². The summed E-state index contributed by atoms with van der Waals surface area (Å²) in [5, 5.41) is 0. The maximum Gasteiger partial charge on any atom is 0.247 e. The van der Waals surface area contributed by atoms with Crippen molar-refractivity contribution in [3.8, 4) is 0 Å². The van der Waals surface area contributed by atoms with Gasteiger partial charge in [0.2, 0.25) is 18.3 Å². The van der Waals surface area contributed by atoms with Gasteiger partial charge in [-0.05, 0) is 0 Å². The summed E-state index contributed by atoms with van der Waals surface area (Å²) in [7, 11) is 2.02. The maximum atomic E-state index is 3.06. The molecule has 4 nitrogen and oxygen atoms in total. The molecule has 0 radical (unpaired) electrons. The van der Waals surface area contributed by atoms with Crippen molar-refractivity contribution in [2.45, 2.75) is 19.5 Å². The van der Waals surface area contributed by atoms with E-state index in [-0.39, 0.29) is 39.6 Å². The van der Waals surface area contributed by atoms with Crippen LogP contribution < -0.4 is 43.1 Å². The first-order valence-electron chi connectivity index (χ1n) is 4.69. The van der Waals surface area contributed by atoms with E-state index < -0.39 is 0 Å². The van der Waals surface area contributed by atoms with E-state index in [1.165, 1.54) is 0 Å². The van der Waals surface area contributed by atoms with Crippen LogP contribution in [0.15, 0.2) is 37.4 Å². The number of aromatic amines is 1. The number of nitrogens with one attached hydrogen (secondary N) is 1. The van der Waals surface area contributed by atoms with Crippen molar-refractivity contribution in [3.05, 3.63) is 37.4 Å². The van der Waals surface area contributed by atoms with Crippen LogP contribution in [-0.2, 0) is 12.7 Å². The zero-order valence-corrected chi connectivity index (χ0v) is 12.7. The number of rotatable bonds is 2. The fourth-order valence-electron chi connectivity index (χ4n) is 1.54. The molecular formula is C10H16Br2N4. The molecule has 2 heterocycles. The summed E-state index contributed by atoms with van der Waals surface area (Å²) >= 11 is 0. The number of halogens is 2. The second-order valence-corrected chi connectivity index (χ2v) is 4.00. The molecule has 2 aromatic rings. The third-order valence-electron chi connectivity index (χ3n) is 2.58. The summed E-state index contributed by atoms with van der Waals surface area (Å²) < 4.78 is 6.34. The summed E-state index contributed by atoms with van der Waals surface area (Å²) in [4.78, 5) is 3.06. The van der Waals surface area contributed by atoms with Crippen molar-refractivity contribution in [2.75, 3.05) is 0 Å². The van der Waals surface area contributed by atoms with Crippen LogP contribution in [-0.4, -0.2) is 9.55 Å². The van der Waals surface area contributed by atoms with Crippen LogP contribution in [0.25, 0.3) is 0 Å². The fraction of sp³-hybridized carbons (Fsp3) is 0.400. The molecular weight excluding hydrogens is 336 g/mol. The molecule has 0 aliphatic rings. The number of H-pyrrole nitrogens is 1. The average molecular weight is 352 g/mol. The average Bonchev–Trinajstić information content (AvgIpc) is 2.72. The van der Waals surface area contributed by atoms with Crippen molar-refractivity contribution < 1.29 is 43.1 Å². The summed E-state index contributed by atoms with van der Waals surface area (Å²) in [6.45, 7) is 4.34. The van der Waals surface area contributed by atoms with Crippen LogP contribution in [0.3, 0.4) is 0 Å². The van der Waals surface area contributed by atoms with E-state index in [0.717, 1.165) is 0 Å². The second-order valence-electron chi connectivity index (χ2n) is 4.00. The molecule has 0 saturated carbocycles. The van der Waals surface area contributed by atoms with Gasteiger partial charge in [0.15, 0.2) is 0 Å². The molecule has 0 aliphatic carbocycles. The zero-order chi connectivity index (χ0) is 10.2. The van der Waals surface area contributed by atoms with E-state index in [1.54, 1.807) is 0 Å². The SMILES string of the molecule is C[n+]1ccn(C(C)(C)[n+]2cc[nH]c2)c1.[Br-].[Br-]. The lowest BCUT2D eigenvalue weighted by Gasteiger charge is -2.16. The van der Waals surface area contributed by atoms with Gasteiger partial charge >= 0.3 is 0 Å². The summed E-state index contributed by atoms with van der Waals surface area (Å²) in [5.41, 5.74) is -0.0821. The van der Waals surface area contributed by atoms with E-state index in [4.69, 9.17) is 0 Å². The van der Waals surface area contributed by atoms with Crippen molar-refractivity contribution in [3.63, 3.8) is 0 Å². The minimum Gasteiger partial charge on any atom is -1.00 e. The van der Waals surface area contributed by atoms with Crippen LogP contribution in [0, 0.1) is 0 Å². The monoisotopic (exact) mass is 350 g/mol. The molecule has 0 aromatic carbocycles. The molecule has 0 amide bonds. The molecule has 0 unspecified atom stereocenters. The molecule has 0 spiro atoms. The molecule has 0 bridgehead atoms. The van der Waals surface area contributed by atoms with E-state index in [1.807, 2.05) is 36.5 Å². The molecule has 0 atom stereocenters. The van der Waals surface area contributed by atoms with Gasteiger partial charge in [-0.25, -0.2) is 4.57 Å². The number of hydrogen-bond donors (Lipinski definition) is 1. The Morgan fingerprint density at radius 1 is 1.19 bits per heavy atom. The molecule has 0 fully saturated rings. The lowest BCUT2D eigenvalue weighted by Crippen LogP contribution is -3.00. The van der Waals surface area contributed by atoms with Gasteiger partial charge in [-0.1, -0.05) is 0 Å². The van der Waals surface area contributed by atoms with Gasteiger partial charge in [-0.2, -0.15) is 9.13 Å². The first kappa shape index (κ1) is 15.4. The minimum absolute atomic E-state index is 0. The highest BCUT2D eigenvalue weighted by atomic mass is 79.9. The molecule has 6 heteroatoms. The highest BCUT2D eigenvalue weighted by Gasteiger charge is 2.31. The highest BCUT2D eigenvalue weighted by Crippen LogP contribution is 2.08. The molecule has 0 aliphatic heterocycles. The Kier molecular flexibility index (Phi) is 5.41. The molecule has 2 rings (SSSR count). The quantitative estimate of drug-likeness (QED) is 0.522. The van der Waals surface area contributed by atoms with Crippen LogP contribution in [0.2, 0.25) is 0 Å². The highest BCUT2D eigenvalue weighted by molar-refractivity contribution is 4.75. The molecule has 16 heavy (non-hydrogen) atoms. The van der Waals surface area contributed by atoms with Crippen LogP contribution >= 0.6 is 0 Å². The van der Waals surface area contributed by atoms with Gasteiger partial charge in [0, 0.05) is 13.8 Å². The standard InChI is InChI=1S/C10H15N4.2BrH/c1-10(2,13-5-4-11-8-13)14-7-6-12(3)9-14;;/h4-9H,1-3H3;2*1H/q+1;;/p-1. The lowest BCUT2D eigenvalue weighted by atomic mass is 10.2. The zero-order valence-electron chi connectivity index (χ0n) is 9.56. The predicted octanol–water partition coefficient (Wildman–Crippen LogP) is -5.82. The number of aryl methyl sites for hydroxylation is 1. The Hall–Kier alpha value is -0.620. The van der Waals surface area contributed by atoms with Gasteiger partial charge < -0.3 is 34.0 Å². The maximum absolute atomic E-state index is 3.06. The first-order valence-corrected chi connectivity index (χ1v) is 4.69. The Morgan fingerprint density at radius 2 is 1.88 bits per heavy atom. The number of imidazole rings is 2. The molecule has 2 aromatic heterocycles. The first-order chi connectivity index (χ1) is 6.60. The second kappa shape index (κ2) is 5.63. The number of nitrogens with zero attached hydrogens (tertiary/aromatic N) is 3. The van der Waals surface area contributed by atoms with Gasteiger partial charge in [-0.15, -0.1) is 0 Å². The van der Waals surface area contributed by atoms with Crippen molar-refractivity contribution in [2.24, 2.45) is 7.05 Å². The molecule has 0 saturated heterocycles. The van der Waals surface area contributed by atoms with Crippen molar-refractivity contribution in [1.82, 2.24) is 9.55 Å². The smallest absolute Gasteiger partial charge is 0.247 e. The topological polar surface area (TPSA) is 28.5 Å². The third kappa shape index (κ3) is 2.74. The van der Waals surface area contributed by atoms with E-state index >= 15 is 0 Å². The largest absolute Gasteiger partial charge is 1.00 e. The van der Waals surface area contributed by atoms with E-state index in [0.29, 0.717) is 0 Å². The van der Waals surface area contributed by atoms with Gasteiger partial charge in [0.1, 0.15) is 24.8 Å². The van der Waals surface area contributed by atoms with Crippen molar-refractivity contribution in [1.29, 1.82) is 0 Å². The van der Waals surface area contributed by atoms with Gasteiger partial charge in [0.05, 0.1) is 7.05 Å². The number of hydrogen-bond acceptors (Lipinski definition) is 0. The Balaban J connectivity index is 0.00000112. The van der Waals surface area contributed by atoms with Gasteiger partial charge in [0.25, 0.3) is 0 Å². The number of aromatic nitrogens is 4. The fourth-order valence-corrected chi connectivity index (χ4v) is 1.54. The van der Waals surface area contributed by atoms with Crippen molar-refractivity contribution >= 4 is 0 Å². The third-order valence-corrected chi connectivity index (χ3v) is 2.58. The molecule has 90 valence electrons. The van der Waals surface area contributed by atoms with E-state index in [2.05, 4.69) is 40.5 Å². The van der Waals surface area contributed by atoms with Crippen LogP contribution in [0.4, 0.5) is 0 Å². The Morgan fingerprint density at radius 3 is 2.31 bits per heavy atom. The Bertz CT molecular complexity index is 420. The minimum atomic E-state index is -0.0821.